The van der Waals surface area contributed by atoms with Gasteiger partial charge in [-0.3, -0.25) is 9.69 Å². The number of nitrogen functional groups attached to an aromatic ring is 2. The van der Waals surface area contributed by atoms with Crippen molar-refractivity contribution in [3.63, 3.8) is 0 Å². The van der Waals surface area contributed by atoms with Crippen LogP contribution in [0, 0.1) is 0 Å². The molecule has 5 N–H and O–H groups in total. The second-order valence-electron chi connectivity index (χ2n) is 11.1. The maximum absolute atomic E-state index is 13.0. The van der Waals surface area contributed by atoms with Gasteiger partial charge in [0, 0.05) is 19.4 Å². The van der Waals surface area contributed by atoms with E-state index in [0.29, 0.717) is 6.54 Å². The minimum atomic E-state index is -0.407. The van der Waals surface area contributed by atoms with Crippen LogP contribution in [0.25, 0.3) is 0 Å². The quantitative estimate of drug-likeness (QED) is 0.166. The number of quaternary nitrogens is 1. The van der Waals surface area contributed by atoms with Gasteiger partial charge in [-0.25, -0.2) is 9.97 Å². The number of nitrogens with zero attached hydrogens (tertiary/aromatic N) is 4. The lowest BCUT2D eigenvalue weighted by molar-refractivity contribution is -0.927. The smallest absolute Gasteiger partial charge is 0.273 e. The zero-order valence-corrected chi connectivity index (χ0v) is 27.4. The van der Waals surface area contributed by atoms with Gasteiger partial charge in [-0.2, -0.15) is 0 Å². The number of aryl methyl sites for hydroxylation is 2. The van der Waals surface area contributed by atoms with Gasteiger partial charge < -0.3 is 30.7 Å². The molecule has 11 heteroatoms. The van der Waals surface area contributed by atoms with Crippen LogP contribution in [0.5, 0.6) is 11.5 Å². The zero-order chi connectivity index (χ0) is 32.0. The first-order valence-electron chi connectivity index (χ1n) is 15.4. The number of ether oxygens (including phenoxy) is 2. The van der Waals surface area contributed by atoms with Crippen LogP contribution in [-0.2, 0) is 12.8 Å². The normalized spacial score (nSPS) is 11.5. The van der Waals surface area contributed by atoms with E-state index >= 15 is 0 Å². The number of amides is 1. The number of carbonyl (C=O) groups is 1. The summed E-state index contributed by atoms with van der Waals surface area (Å²) in [6, 6.07) is 16.6. The Bertz CT molecular complexity index is 1250. The summed E-state index contributed by atoms with van der Waals surface area (Å²) >= 11 is 6.03. The van der Waals surface area contributed by atoms with E-state index in [1.807, 2.05) is 24.3 Å². The van der Waals surface area contributed by atoms with Crippen molar-refractivity contribution in [2.75, 3.05) is 78.0 Å². The van der Waals surface area contributed by atoms with Crippen LogP contribution in [0.3, 0.4) is 0 Å². The van der Waals surface area contributed by atoms with Crippen LogP contribution in [-0.4, -0.2) is 91.8 Å². The summed E-state index contributed by atoms with van der Waals surface area (Å²) in [5.41, 5.74) is 14.2. The summed E-state index contributed by atoms with van der Waals surface area (Å²) in [6.07, 6.45) is 3.98. The first-order valence-corrected chi connectivity index (χ1v) is 15.8. The fraction of sp³-hybridized carbons (Fsp3) is 0.485. The number of nitrogens with two attached hydrogens (primary N) is 2. The fourth-order valence-corrected chi connectivity index (χ4v) is 5.61. The average Bonchev–Trinajstić information content (AvgIpc) is 3.03. The van der Waals surface area contributed by atoms with Gasteiger partial charge in [-0.1, -0.05) is 49.7 Å². The third-order valence-electron chi connectivity index (χ3n) is 8.29. The fourth-order valence-electron chi connectivity index (χ4n) is 5.48. The highest BCUT2D eigenvalue weighted by Crippen LogP contribution is 2.19. The van der Waals surface area contributed by atoms with Gasteiger partial charge in [0.25, 0.3) is 5.91 Å². The van der Waals surface area contributed by atoms with Crippen LogP contribution >= 0.6 is 11.6 Å². The Labute approximate surface area is 267 Å². The lowest BCUT2D eigenvalue weighted by Gasteiger charge is -2.40. The Balaban J connectivity index is 1.77. The van der Waals surface area contributed by atoms with E-state index in [1.54, 1.807) is 14.2 Å². The lowest BCUT2D eigenvalue weighted by Crippen LogP contribution is -2.56. The lowest BCUT2D eigenvalue weighted by atomic mass is 10.1. The molecule has 0 spiro atoms. The molecule has 0 aliphatic carbocycles. The van der Waals surface area contributed by atoms with Gasteiger partial charge in [-0.05, 0) is 61.3 Å². The largest absolute Gasteiger partial charge is 0.497 e. The topological polar surface area (TPSA) is 129 Å². The summed E-state index contributed by atoms with van der Waals surface area (Å²) in [7, 11) is 3.37. The Morgan fingerprint density at radius 2 is 1.34 bits per heavy atom. The molecule has 0 unspecified atom stereocenters. The van der Waals surface area contributed by atoms with Crippen molar-refractivity contribution < 1.29 is 18.8 Å². The average molecular weight is 627 g/mol. The molecule has 0 fully saturated rings. The molecule has 1 amide bonds. The maximum atomic E-state index is 13.0. The highest BCUT2D eigenvalue weighted by molar-refractivity contribution is 6.31. The highest BCUT2D eigenvalue weighted by atomic mass is 35.5. The summed E-state index contributed by atoms with van der Waals surface area (Å²) in [6.45, 7) is 11.6. The molecule has 3 rings (SSSR count). The third kappa shape index (κ3) is 10.5. The maximum Gasteiger partial charge on any atom is 0.273 e. The van der Waals surface area contributed by atoms with Crippen molar-refractivity contribution in [3.05, 3.63) is 70.5 Å². The molecule has 0 saturated carbocycles. The monoisotopic (exact) mass is 626 g/mol. The van der Waals surface area contributed by atoms with E-state index in [9.17, 15) is 4.79 Å². The summed E-state index contributed by atoms with van der Waals surface area (Å²) in [5.74, 6) is 1.28. The van der Waals surface area contributed by atoms with Crippen LogP contribution in [0.4, 0.5) is 11.6 Å². The van der Waals surface area contributed by atoms with Gasteiger partial charge in [-0.15, -0.1) is 0 Å². The van der Waals surface area contributed by atoms with E-state index in [2.05, 4.69) is 58.3 Å². The number of aromatic nitrogens is 2. The molecule has 1 aromatic heterocycles. The van der Waals surface area contributed by atoms with E-state index in [4.69, 9.17) is 32.5 Å². The molecule has 0 aliphatic rings. The number of halogens is 1. The second-order valence-corrected chi connectivity index (χ2v) is 11.4. The van der Waals surface area contributed by atoms with Gasteiger partial charge in [0.2, 0.25) is 0 Å². The molecule has 0 aliphatic heterocycles. The van der Waals surface area contributed by atoms with Gasteiger partial charge >= 0.3 is 0 Å². The number of nitrogens with one attached hydrogen (secondary N) is 1. The van der Waals surface area contributed by atoms with Crippen LogP contribution in [0.1, 0.15) is 48.3 Å². The molecule has 1 heterocycles. The predicted molar refractivity (Wildman–Crippen MR) is 178 cm³/mol. The first-order chi connectivity index (χ1) is 21.2. The molecule has 44 heavy (non-hydrogen) atoms. The number of methoxy groups -OCH3 is 2. The molecule has 0 radical (unpaired) electrons. The number of hydrogen-bond donors (Lipinski definition) is 3. The SMILES string of the molecule is CCN(CC)CC[N+](CCCc1ccc(OC)cc1)(CCCc1ccc(OC)cc1)CCNC(=O)c1nc(Cl)c(N)nc1N. The molecular formula is C33H49ClN7O3+. The van der Waals surface area contributed by atoms with Gasteiger partial charge in [0.15, 0.2) is 22.5 Å². The number of benzene rings is 2. The van der Waals surface area contributed by atoms with Crippen molar-refractivity contribution in [1.82, 2.24) is 20.2 Å². The van der Waals surface area contributed by atoms with E-state index in [1.165, 1.54) is 11.1 Å². The Morgan fingerprint density at radius 3 is 1.82 bits per heavy atom. The molecule has 0 bridgehead atoms. The standard InChI is InChI=1S/C33H48ClN7O3/c1-5-40(6-2)20-24-41(21-7-9-25-11-15-27(43-3)16-12-25,22-8-10-26-13-17-28(44-4)18-14-26)23-19-37-33(42)29-31(35)39-32(36)30(34)38-29/h11-18H,5-10,19-24H2,1-4H3,(H4-,35,36,37,39,42)/p+1. The molecule has 240 valence electrons. The number of carbonyl (C=O) groups excluding carboxylic acids is 1. The van der Waals surface area contributed by atoms with Crippen molar-refractivity contribution in [3.8, 4) is 11.5 Å². The van der Waals surface area contributed by atoms with Gasteiger partial charge in [0.05, 0.1) is 46.9 Å². The minimum Gasteiger partial charge on any atom is -0.497 e. The van der Waals surface area contributed by atoms with Crippen molar-refractivity contribution in [1.29, 1.82) is 0 Å². The van der Waals surface area contributed by atoms with Crippen molar-refractivity contribution >= 4 is 29.1 Å². The molecule has 10 nitrogen and oxygen atoms in total. The summed E-state index contributed by atoms with van der Waals surface area (Å²) in [4.78, 5) is 23.5. The molecular weight excluding hydrogens is 578 g/mol. The van der Waals surface area contributed by atoms with Crippen LogP contribution in [0.2, 0.25) is 5.15 Å². The molecule has 3 aromatic rings. The van der Waals surface area contributed by atoms with Crippen molar-refractivity contribution in [2.24, 2.45) is 0 Å². The van der Waals surface area contributed by atoms with E-state index in [0.717, 1.165) is 87.5 Å². The third-order valence-corrected chi connectivity index (χ3v) is 8.57. The molecule has 0 saturated heterocycles. The second kappa shape index (κ2) is 17.6. The number of anilines is 2. The number of likely N-dealkylation sites (N-methyl/N-ethyl adjacent to an activating group) is 1. The first kappa shape index (κ1) is 34.9. The minimum absolute atomic E-state index is 0.00141. The van der Waals surface area contributed by atoms with E-state index in [-0.39, 0.29) is 22.5 Å². The van der Waals surface area contributed by atoms with Crippen LogP contribution in [0.15, 0.2) is 48.5 Å². The molecule has 0 atom stereocenters. The summed E-state index contributed by atoms with van der Waals surface area (Å²) in [5, 5.41) is 2.98. The highest BCUT2D eigenvalue weighted by Gasteiger charge is 2.28. The van der Waals surface area contributed by atoms with Crippen LogP contribution < -0.4 is 26.3 Å². The van der Waals surface area contributed by atoms with E-state index < -0.39 is 5.91 Å². The molecule has 2 aromatic carbocycles. The predicted octanol–water partition coefficient (Wildman–Crippen LogP) is 4.47. The number of rotatable bonds is 19. The zero-order valence-electron chi connectivity index (χ0n) is 26.7. The summed E-state index contributed by atoms with van der Waals surface area (Å²) < 4.78 is 11.5. The van der Waals surface area contributed by atoms with Gasteiger partial charge in [0.1, 0.15) is 11.5 Å². The Morgan fingerprint density at radius 1 is 0.818 bits per heavy atom. The Kier molecular flexibility index (Phi) is 14.0. The van der Waals surface area contributed by atoms with Crippen molar-refractivity contribution in [2.45, 2.75) is 39.5 Å². The Hall–Kier alpha value is -3.60. The number of hydrogen-bond acceptors (Lipinski definition) is 8.